The molecule has 0 unspecified atom stereocenters. The largest absolute Gasteiger partial charge is 0.338 e. The zero-order chi connectivity index (χ0) is 16.2. The van der Waals surface area contributed by atoms with E-state index in [2.05, 4.69) is 24.4 Å². The number of rotatable bonds is 4. The molecule has 122 valence electrons. The number of nitrogens with zero attached hydrogens (tertiary/aromatic N) is 1. The Morgan fingerprint density at radius 3 is 2.68 bits per heavy atom. The summed E-state index contributed by atoms with van der Waals surface area (Å²) in [5, 5.41) is 2.90. The van der Waals surface area contributed by atoms with Gasteiger partial charge in [0.25, 0.3) is 0 Å². The van der Waals surface area contributed by atoms with Gasteiger partial charge in [0, 0.05) is 19.1 Å². The van der Waals surface area contributed by atoms with E-state index in [1.54, 1.807) is 11.8 Å². The van der Waals surface area contributed by atoms with Crippen molar-refractivity contribution in [3.05, 3.63) is 35.9 Å². The van der Waals surface area contributed by atoms with Crippen molar-refractivity contribution in [2.24, 2.45) is 0 Å². The van der Waals surface area contributed by atoms with Gasteiger partial charge in [-0.05, 0) is 24.8 Å². The minimum absolute atomic E-state index is 0.0564. The van der Waals surface area contributed by atoms with Crippen molar-refractivity contribution in [2.75, 3.05) is 24.6 Å². The predicted molar refractivity (Wildman–Crippen MR) is 87.7 cm³/mol. The fourth-order valence-corrected chi connectivity index (χ4v) is 4.30. The second-order valence-corrected chi connectivity index (χ2v) is 8.22. The molecule has 2 rings (SSSR count). The Bertz CT molecular complexity index is 601. The first-order valence-electron chi connectivity index (χ1n) is 7.69. The SMILES string of the molecule is C[C@H](CCNC(=O)N1CCS(=O)(=O)C[C@H]1C)c1ccccc1. The highest BCUT2D eigenvalue weighted by molar-refractivity contribution is 7.91. The number of benzene rings is 1. The first kappa shape index (κ1) is 16.8. The maximum absolute atomic E-state index is 12.2. The van der Waals surface area contributed by atoms with Crippen LogP contribution in [0.25, 0.3) is 0 Å². The topological polar surface area (TPSA) is 66.5 Å². The average molecular weight is 324 g/mol. The predicted octanol–water partition coefficient (Wildman–Crippen LogP) is 2.01. The summed E-state index contributed by atoms with van der Waals surface area (Å²) in [5.74, 6) is 0.493. The van der Waals surface area contributed by atoms with Crippen LogP contribution in [0.1, 0.15) is 31.7 Å². The van der Waals surface area contributed by atoms with Gasteiger partial charge in [0.2, 0.25) is 0 Å². The number of nitrogens with one attached hydrogen (secondary N) is 1. The van der Waals surface area contributed by atoms with Crippen LogP contribution in [0.3, 0.4) is 0 Å². The molecule has 0 saturated carbocycles. The number of amides is 2. The molecule has 6 heteroatoms. The number of sulfone groups is 1. The molecule has 5 nitrogen and oxygen atoms in total. The van der Waals surface area contributed by atoms with Gasteiger partial charge in [-0.25, -0.2) is 13.2 Å². The lowest BCUT2D eigenvalue weighted by Gasteiger charge is -2.33. The molecule has 0 radical (unpaired) electrons. The van der Waals surface area contributed by atoms with E-state index in [1.807, 2.05) is 18.2 Å². The summed E-state index contributed by atoms with van der Waals surface area (Å²) in [5.41, 5.74) is 1.26. The molecular weight excluding hydrogens is 300 g/mol. The monoisotopic (exact) mass is 324 g/mol. The third-order valence-corrected chi connectivity index (χ3v) is 5.95. The molecule has 0 aliphatic carbocycles. The van der Waals surface area contributed by atoms with Crippen molar-refractivity contribution in [1.29, 1.82) is 0 Å². The van der Waals surface area contributed by atoms with E-state index >= 15 is 0 Å². The number of urea groups is 1. The molecule has 1 fully saturated rings. The molecule has 22 heavy (non-hydrogen) atoms. The Morgan fingerprint density at radius 2 is 2.05 bits per heavy atom. The van der Waals surface area contributed by atoms with E-state index < -0.39 is 9.84 Å². The van der Waals surface area contributed by atoms with Crippen LogP contribution in [-0.2, 0) is 9.84 Å². The summed E-state index contributed by atoms with van der Waals surface area (Å²) in [6, 6.07) is 9.77. The molecule has 1 aliphatic rings. The van der Waals surface area contributed by atoms with Crippen molar-refractivity contribution in [1.82, 2.24) is 10.2 Å². The van der Waals surface area contributed by atoms with Crippen molar-refractivity contribution >= 4 is 15.9 Å². The molecule has 2 atom stereocenters. The van der Waals surface area contributed by atoms with Gasteiger partial charge in [-0.2, -0.15) is 0 Å². The van der Waals surface area contributed by atoms with Gasteiger partial charge in [-0.3, -0.25) is 0 Å². The van der Waals surface area contributed by atoms with Crippen LogP contribution in [0.2, 0.25) is 0 Å². The van der Waals surface area contributed by atoms with Crippen LogP contribution in [0, 0.1) is 0 Å². The van der Waals surface area contributed by atoms with Crippen LogP contribution in [-0.4, -0.2) is 50.0 Å². The molecule has 1 aromatic carbocycles. The lowest BCUT2D eigenvalue weighted by Crippen LogP contribution is -2.53. The zero-order valence-corrected chi connectivity index (χ0v) is 14.0. The summed E-state index contributed by atoms with van der Waals surface area (Å²) in [4.78, 5) is 13.8. The van der Waals surface area contributed by atoms with Crippen LogP contribution >= 0.6 is 0 Å². The van der Waals surface area contributed by atoms with E-state index in [1.165, 1.54) is 5.56 Å². The lowest BCUT2D eigenvalue weighted by atomic mass is 9.98. The van der Waals surface area contributed by atoms with Crippen LogP contribution in [0.5, 0.6) is 0 Å². The number of carbonyl (C=O) groups excluding carboxylic acids is 1. The molecule has 1 saturated heterocycles. The second kappa shape index (κ2) is 7.13. The highest BCUT2D eigenvalue weighted by Gasteiger charge is 2.30. The second-order valence-electron chi connectivity index (χ2n) is 5.99. The van der Waals surface area contributed by atoms with E-state index in [0.29, 0.717) is 12.5 Å². The Balaban J connectivity index is 1.79. The summed E-state index contributed by atoms with van der Waals surface area (Å²) >= 11 is 0. The molecule has 0 bridgehead atoms. The first-order chi connectivity index (χ1) is 10.4. The normalized spacial score (nSPS) is 22.1. The van der Waals surface area contributed by atoms with Gasteiger partial charge in [0.15, 0.2) is 9.84 Å². The minimum atomic E-state index is -2.99. The molecule has 1 aromatic rings. The van der Waals surface area contributed by atoms with Gasteiger partial charge in [0.1, 0.15) is 0 Å². The highest BCUT2D eigenvalue weighted by Crippen LogP contribution is 2.17. The number of carbonyl (C=O) groups is 1. The summed E-state index contributed by atoms with van der Waals surface area (Å²) in [6.45, 7) is 4.79. The van der Waals surface area contributed by atoms with Crippen molar-refractivity contribution < 1.29 is 13.2 Å². The molecule has 1 aliphatic heterocycles. The molecule has 1 N–H and O–H groups in total. The van der Waals surface area contributed by atoms with Crippen molar-refractivity contribution in [3.8, 4) is 0 Å². The third kappa shape index (κ3) is 4.47. The first-order valence-corrected chi connectivity index (χ1v) is 9.51. The average Bonchev–Trinajstić information content (AvgIpc) is 2.47. The quantitative estimate of drug-likeness (QED) is 0.921. The smallest absolute Gasteiger partial charge is 0.317 e. The van der Waals surface area contributed by atoms with Gasteiger partial charge in [0.05, 0.1) is 11.5 Å². The fourth-order valence-electron chi connectivity index (χ4n) is 2.75. The number of hydrogen-bond donors (Lipinski definition) is 1. The Labute approximate surface area is 132 Å². The Kier molecular flexibility index (Phi) is 5.45. The Hall–Kier alpha value is -1.56. The minimum Gasteiger partial charge on any atom is -0.338 e. The maximum Gasteiger partial charge on any atom is 0.317 e. The van der Waals surface area contributed by atoms with Gasteiger partial charge >= 0.3 is 6.03 Å². The van der Waals surface area contributed by atoms with Crippen molar-refractivity contribution in [3.63, 3.8) is 0 Å². The summed E-state index contributed by atoms with van der Waals surface area (Å²) in [7, 11) is -2.99. The standard InChI is InChI=1S/C16H24N2O3S/c1-13(15-6-4-3-5-7-15)8-9-17-16(19)18-10-11-22(20,21)12-14(18)2/h3-7,13-14H,8-12H2,1-2H3,(H,17,19)/t13-,14-/m1/s1. The van der Waals surface area contributed by atoms with Gasteiger partial charge in [-0.1, -0.05) is 37.3 Å². The zero-order valence-electron chi connectivity index (χ0n) is 13.2. The van der Waals surface area contributed by atoms with E-state index in [0.717, 1.165) is 6.42 Å². The van der Waals surface area contributed by atoms with E-state index in [9.17, 15) is 13.2 Å². The molecule has 0 aromatic heterocycles. The van der Waals surface area contributed by atoms with E-state index in [4.69, 9.17) is 0 Å². The maximum atomic E-state index is 12.2. The van der Waals surface area contributed by atoms with Crippen LogP contribution in [0.4, 0.5) is 4.79 Å². The van der Waals surface area contributed by atoms with Crippen LogP contribution < -0.4 is 5.32 Å². The molecule has 2 amide bonds. The van der Waals surface area contributed by atoms with Gasteiger partial charge < -0.3 is 10.2 Å². The molecule has 0 spiro atoms. The molecular formula is C16H24N2O3S. The third-order valence-electron chi connectivity index (χ3n) is 4.15. The fraction of sp³-hybridized carbons (Fsp3) is 0.562. The summed E-state index contributed by atoms with van der Waals surface area (Å²) < 4.78 is 23.1. The highest BCUT2D eigenvalue weighted by atomic mass is 32.2. The lowest BCUT2D eigenvalue weighted by molar-refractivity contribution is 0.185. The van der Waals surface area contributed by atoms with Crippen molar-refractivity contribution in [2.45, 2.75) is 32.2 Å². The van der Waals surface area contributed by atoms with Gasteiger partial charge in [-0.15, -0.1) is 0 Å². The van der Waals surface area contributed by atoms with E-state index in [-0.39, 0.29) is 30.1 Å². The summed E-state index contributed by atoms with van der Waals surface area (Å²) in [6.07, 6.45) is 0.857. The van der Waals surface area contributed by atoms with Crippen LogP contribution in [0.15, 0.2) is 30.3 Å². The Morgan fingerprint density at radius 1 is 1.36 bits per heavy atom. The molecule has 1 heterocycles. The number of hydrogen-bond acceptors (Lipinski definition) is 3.